The van der Waals surface area contributed by atoms with Crippen LogP contribution in [0.15, 0.2) is 0 Å². The minimum atomic E-state index is 0.221. The van der Waals surface area contributed by atoms with Crippen LogP contribution in [0.5, 0.6) is 0 Å². The summed E-state index contributed by atoms with van der Waals surface area (Å²) in [6.45, 7) is 3.80. The number of rotatable bonds is 3. The van der Waals surface area contributed by atoms with Gasteiger partial charge in [-0.1, -0.05) is 0 Å². The number of hydrogen-bond acceptors (Lipinski definition) is 3. The average molecular weight is 198 g/mol. The second-order valence-corrected chi connectivity index (χ2v) is 4.91. The van der Waals surface area contributed by atoms with E-state index in [1.807, 2.05) is 0 Å². The first-order valence-electron chi connectivity index (χ1n) is 5.72. The van der Waals surface area contributed by atoms with Crippen molar-refractivity contribution in [3.05, 3.63) is 0 Å². The molecule has 0 bridgehead atoms. The van der Waals surface area contributed by atoms with E-state index in [9.17, 15) is 0 Å². The first kappa shape index (κ1) is 10.4. The van der Waals surface area contributed by atoms with Gasteiger partial charge in [-0.3, -0.25) is 4.90 Å². The molecular weight excluding hydrogens is 176 g/mol. The summed E-state index contributed by atoms with van der Waals surface area (Å²) in [4.78, 5) is 2.52. The Morgan fingerprint density at radius 1 is 1.50 bits per heavy atom. The Morgan fingerprint density at radius 3 is 2.71 bits per heavy atom. The quantitative estimate of drug-likeness (QED) is 0.734. The van der Waals surface area contributed by atoms with Gasteiger partial charge in [0.15, 0.2) is 0 Å². The molecule has 3 nitrogen and oxygen atoms in total. The Morgan fingerprint density at radius 2 is 2.21 bits per heavy atom. The zero-order valence-corrected chi connectivity index (χ0v) is 9.33. The van der Waals surface area contributed by atoms with E-state index in [4.69, 9.17) is 10.5 Å². The molecule has 1 aliphatic heterocycles. The van der Waals surface area contributed by atoms with Crippen LogP contribution in [-0.2, 0) is 4.74 Å². The second kappa shape index (κ2) is 3.80. The van der Waals surface area contributed by atoms with E-state index >= 15 is 0 Å². The molecule has 0 aromatic heterocycles. The van der Waals surface area contributed by atoms with Gasteiger partial charge in [0.2, 0.25) is 0 Å². The van der Waals surface area contributed by atoms with Crippen molar-refractivity contribution in [2.45, 2.75) is 50.3 Å². The maximum absolute atomic E-state index is 5.97. The van der Waals surface area contributed by atoms with E-state index in [0.29, 0.717) is 6.10 Å². The zero-order valence-electron chi connectivity index (χ0n) is 9.33. The lowest BCUT2D eigenvalue weighted by atomic mass is 9.85. The van der Waals surface area contributed by atoms with Gasteiger partial charge in [-0.25, -0.2) is 0 Å². The molecule has 82 valence electrons. The van der Waals surface area contributed by atoms with Crippen LogP contribution in [0.1, 0.15) is 32.6 Å². The summed E-state index contributed by atoms with van der Waals surface area (Å²) in [5.74, 6) is 0. The summed E-state index contributed by atoms with van der Waals surface area (Å²) in [5.41, 5.74) is 6.19. The van der Waals surface area contributed by atoms with Gasteiger partial charge in [-0.15, -0.1) is 0 Å². The number of hydrogen-bond donors (Lipinski definition) is 1. The molecule has 2 aliphatic rings. The molecule has 2 unspecified atom stereocenters. The predicted octanol–water partition coefficient (Wildman–Crippen LogP) is 0.977. The van der Waals surface area contributed by atoms with E-state index in [1.165, 1.54) is 12.8 Å². The molecule has 0 aromatic rings. The largest absolute Gasteiger partial charge is 0.378 e. The third kappa shape index (κ3) is 1.81. The van der Waals surface area contributed by atoms with Gasteiger partial charge in [0.1, 0.15) is 0 Å². The minimum Gasteiger partial charge on any atom is -0.378 e. The Kier molecular flexibility index (Phi) is 2.82. The highest BCUT2D eigenvalue weighted by atomic mass is 16.5. The van der Waals surface area contributed by atoms with Crippen molar-refractivity contribution >= 4 is 0 Å². The molecule has 3 heteroatoms. The smallest absolute Gasteiger partial charge is 0.0565 e. The van der Waals surface area contributed by atoms with Crippen LogP contribution in [0.25, 0.3) is 0 Å². The first-order chi connectivity index (χ1) is 6.68. The summed E-state index contributed by atoms with van der Waals surface area (Å²) in [6, 6.07) is 0.795. The minimum absolute atomic E-state index is 0.221. The number of nitrogens with zero attached hydrogens (tertiary/aromatic N) is 1. The molecule has 0 amide bonds. The van der Waals surface area contributed by atoms with Gasteiger partial charge < -0.3 is 10.5 Å². The fourth-order valence-corrected chi connectivity index (χ4v) is 2.65. The lowest BCUT2D eigenvalue weighted by Crippen LogP contribution is -2.57. The number of nitrogens with two attached hydrogens (primary N) is 1. The highest BCUT2D eigenvalue weighted by Gasteiger charge is 2.43. The maximum atomic E-state index is 5.97. The van der Waals surface area contributed by atoms with Crippen molar-refractivity contribution in [2.75, 3.05) is 20.2 Å². The fraction of sp³-hybridized carbons (Fsp3) is 1.00. The molecule has 14 heavy (non-hydrogen) atoms. The zero-order chi connectivity index (χ0) is 10.2. The van der Waals surface area contributed by atoms with Gasteiger partial charge >= 0.3 is 0 Å². The van der Waals surface area contributed by atoms with Crippen LogP contribution in [0, 0.1) is 0 Å². The molecule has 2 atom stereocenters. The molecule has 2 fully saturated rings. The highest BCUT2D eigenvalue weighted by molar-refractivity contribution is 5.00. The van der Waals surface area contributed by atoms with Crippen LogP contribution in [0.4, 0.5) is 0 Å². The Balaban J connectivity index is 2.06. The summed E-state index contributed by atoms with van der Waals surface area (Å²) < 4.78 is 5.60. The second-order valence-electron chi connectivity index (χ2n) is 4.91. The third-order valence-electron chi connectivity index (χ3n) is 3.86. The number of likely N-dealkylation sites (N-methyl/N-ethyl adjacent to an activating group) is 1. The predicted molar refractivity (Wildman–Crippen MR) is 57.2 cm³/mol. The van der Waals surface area contributed by atoms with Gasteiger partial charge in [0, 0.05) is 24.7 Å². The van der Waals surface area contributed by atoms with Gasteiger partial charge in [-0.05, 0) is 39.7 Å². The van der Waals surface area contributed by atoms with Crippen LogP contribution in [0.3, 0.4) is 0 Å². The summed E-state index contributed by atoms with van der Waals surface area (Å²) in [7, 11) is 2.24. The SMILES string of the molecule is CC1CC(CN)(N(C)C2CC2)CCO1. The average Bonchev–Trinajstić information content (AvgIpc) is 3.00. The molecule has 2 rings (SSSR count). The van der Waals surface area contributed by atoms with E-state index in [1.54, 1.807) is 0 Å². The molecule has 1 aliphatic carbocycles. The molecule has 0 spiro atoms. The fourth-order valence-electron chi connectivity index (χ4n) is 2.65. The molecule has 1 saturated heterocycles. The third-order valence-corrected chi connectivity index (χ3v) is 3.86. The van der Waals surface area contributed by atoms with Crippen LogP contribution in [0.2, 0.25) is 0 Å². The Hall–Kier alpha value is -0.120. The van der Waals surface area contributed by atoms with Crippen LogP contribution in [-0.4, -0.2) is 42.8 Å². The van der Waals surface area contributed by atoms with E-state index in [-0.39, 0.29) is 5.54 Å². The van der Waals surface area contributed by atoms with Crippen molar-refractivity contribution < 1.29 is 4.74 Å². The summed E-state index contributed by atoms with van der Waals surface area (Å²) >= 11 is 0. The molecule has 1 heterocycles. The van der Waals surface area contributed by atoms with E-state index in [0.717, 1.165) is 32.0 Å². The van der Waals surface area contributed by atoms with Gasteiger partial charge in [0.25, 0.3) is 0 Å². The molecule has 1 saturated carbocycles. The topological polar surface area (TPSA) is 38.5 Å². The molecule has 0 aromatic carbocycles. The van der Waals surface area contributed by atoms with E-state index < -0.39 is 0 Å². The lowest BCUT2D eigenvalue weighted by molar-refractivity contribution is -0.0583. The Labute approximate surface area is 86.6 Å². The van der Waals surface area contributed by atoms with Crippen LogP contribution >= 0.6 is 0 Å². The summed E-state index contributed by atoms with van der Waals surface area (Å²) in [5, 5.41) is 0. The summed E-state index contributed by atoms with van der Waals surface area (Å²) in [6.07, 6.45) is 5.27. The van der Waals surface area contributed by atoms with Crippen molar-refractivity contribution in [3.8, 4) is 0 Å². The van der Waals surface area contributed by atoms with Crippen molar-refractivity contribution in [2.24, 2.45) is 5.73 Å². The van der Waals surface area contributed by atoms with Crippen molar-refractivity contribution in [1.29, 1.82) is 0 Å². The molecular formula is C11H22N2O. The van der Waals surface area contributed by atoms with Crippen molar-refractivity contribution in [3.63, 3.8) is 0 Å². The van der Waals surface area contributed by atoms with E-state index in [2.05, 4.69) is 18.9 Å². The first-order valence-corrected chi connectivity index (χ1v) is 5.72. The van der Waals surface area contributed by atoms with Gasteiger partial charge in [-0.2, -0.15) is 0 Å². The number of ether oxygens (including phenoxy) is 1. The lowest BCUT2D eigenvalue weighted by Gasteiger charge is -2.46. The Bertz CT molecular complexity index is 205. The highest BCUT2D eigenvalue weighted by Crippen LogP contribution is 2.37. The molecule has 0 radical (unpaired) electrons. The maximum Gasteiger partial charge on any atom is 0.0565 e. The normalized spacial score (nSPS) is 39.0. The van der Waals surface area contributed by atoms with Crippen LogP contribution < -0.4 is 5.73 Å². The monoisotopic (exact) mass is 198 g/mol. The van der Waals surface area contributed by atoms with Gasteiger partial charge in [0.05, 0.1) is 6.10 Å². The van der Waals surface area contributed by atoms with Crippen molar-refractivity contribution in [1.82, 2.24) is 4.90 Å². The molecule has 2 N–H and O–H groups in total. The standard InChI is InChI=1S/C11H22N2O/c1-9-7-11(8-12,5-6-14-9)13(2)10-3-4-10/h9-10H,3-8,12H2,1-2H3.